The standard InChI is InChI=1S/C10H23NO/c1-7(2)8(3)9(12)10(4,5)6-11/h7-9,12H,6,11H2,1-5H3. The van der Waals surface area contributed by atoms with Crippen LogP contribution in [-0.2, 0) is 0 Å². The highest BCUT2D eigenvalue weighted by atomic mass is 16.3. The highest BCUT2D eigenvalue weighted by molar-refractivity contribution is 4.83. The molecule has 0 spiro atoms. The Morgan fingerprint density at radius 2 is 1.67 bits per heavy atom. The molecular formula is C10H23NO. The first kappa shape index (κ1) is 11.9. The van der Waals surface area contributed by atoms with Crippen molar-refractivity contribution in [3.63, 3.8) is 0 Å². The second-order valence-electron chi connectivity index (χ2n) is 4.74. The minimum atomic E-state index is -0.303. The van der Waals surface area contributed by atoms with Crippen LogP contribution in [0.2, 0.25) is 0 Å². The van der Waals surface area contributed by atoms with Crippen molar-refractivity contribution in [3.05, 3.63) is 0 Å². The third-order valence-electron chi connectivity index (χ3n) is 2.88. The van der Waals surface area contributed by atoms with E-state index >= 15 is 0 Å². The molecule has 0 aliphatic rings. The fourth-order valence-corrected chi connectivity index (χ4v) is 1.20. The van der Waals surface area contributed by atoms with Crippen molar-refractivity contribution < 1.29 is 5.11 Å². The van der Waals surface area contributed by atoms with Gasteiger partial charge in [0.1, 0.15) is 0 Å². The number of hydrogen-bond acceptors (Lipinski definition) is 2. The molecular weight excluding hydrogens is 150 g/mol. The van der Waals surface area contributed by atoms with Gasteiger partial charge in [-0.05, 0) is 18.4 Å². The van der Waals surface area contributed by atoms with Crippen molar-refractivity contribution >= 4 is 0 Å². The average Bonchev–Trinajstić information content (AvgIpc) is 2.01. The van der Waals surface area contributed by atoms with Crippen LogP contribution < -0.4 is 5.73 Å². The third-order valence-corrected chi connectivity index (χ3v) is 2.88. The van der Waals surface area contributed by atoms with Gasteiger partial charge in [0.15, 0.2) is 0 Å². The second-order valence-corrected chi connectivity index (χ2v) is 4.74. The molecule has 0 aliphatic carbocycles. The summed E-state index contributed by atoms with van der Waals surface area (Å²) in [5, 5.41) is 9.94. The van der Waals surface area contributed by atoms with Crippen molar-refractivity contribution in [1.29, 1.82) is 0 Å². The Hall–Kier alpha value is -0.0800. The van der Waals surface area contributed by atoms with Crippen LogP contribution in [0.25, 0.3) is 0 Å². The van der Waals surface area contributed by atoms with Crippen molar-refractivity contribution in [2.24, 2.45) is 23.0 Å². The lowest BCUT2D eigenvalue weighted by molar-refractivity contribution is -0.00331. The summed E-state index contributed by atoms with van der Waals surface area (Å²) in [5.74, 6) is 0.814. The molecule has 0 amide bonds. The van der Waals surface area contributed by atoms with E-state index in [2.05, 4.69) is 20.8 Å². The van der Waals surface area contributed by atoms with Crippen LogP contribution in [0.5, 0.6) is 0 Å². The SMILES string of the molecule is CC(C)C(C)C(O)C(C)(C)CN. The molecule has 0 aromatic heterocycles. The van der Waals surface area contributed by atoms with E-state index in [1.807, 2.05) is 13.8 Å². The van der Waals surface area contributed by atoms with Crippen LogP contribution in [0.15, 0.2) is 0 Å². The molecule has 2 unspecified atom stereocenters. The fourth-order valence-electron chi connectivity index (χ4n) is 1.20. The first-order valence-electron chi connectivity index (χ1n) is 4.71. The number of rotatable bonds is 4. The minimum Gasteiger partial charge on any atom is -0.392 e. The number of nitrogens with two attached hydrogens (primary N) is 1. The summed E-state index contributed by atoms with van der Waals surface area (Å²) in [6, 6.07) is 0. The molecule has 0 heterocycles. The van der Waals surface area contributed by atoms with Crippen molar-refractivity contribution in [2.75, 3.05) is 6.54 Å². The Morgan fingerprint density at radius 3 is 1.92 bits per heavy atom. The van der Waals surface area contributed by atoms with Crippen LogP contribution in [0.1, 0.15) is 34.6 Å². The number of hydrogen-bond donors (Lipinski definition) is 2. The van der Waals surface area contributed by atoms with Gasteiger partial charge in [-0.1, -0.05) is 34.6 Å². The lowest BCUT2D eigenvalue weighted by Gasteiger charge is -2.35. The molecule has 3 N–H and O–H groups in total. The van der Waals surface area contributed by atoms with Gasteiger partial charge in [-0.2, -0.15) is 0 Å². The zero-order valence-corrected chi connectivity index (χ0v) is 8.96. The van der Waals surface area contributed by atoms with Gasteiger partial charge in [-0.25, -0.2) is 0 Å². The van der Waals surface area contributed by atoms with E-state index in [1.165, 1.54) is 0 Å². The Balaban J connectivity index is 4.27. The number of aliphatic hydroxyl groups excluding tert-OH is 1. The molecule has 0 fully saturated rings. The number of aliphatic hydroxyl groups is 1. The van der Waals surface area contributed by atoms with Crippen LogP contribution >= 0.6 is 0 Å². The summed E-state index contributed by atoms with van der Waals surface area (Å²) in [6.07, 6.45) is -0.303. The Labute approximate surface area is 76.2 Å². The molecule has 0 radical (unpaired) electrons. The van der Waals surface area contributed by atoms with E-state index in [0.717, 1.165) is 0 Å². The van der Waals surface area contributed by atoms with Gasteiger partial charge in [0.2, 0.25) is 0 Å². The second kappa shape index (κ2) is 4.24. The predicted molar refractivity (Wildman–Crippen MR) is 52.8 cm³/mol. The van der Waals surface area contributed by atoms with Gasteiger partial charge in [0.05, 0.1) is 6.10 Å². The average molecular weight is 173 g/mol. The molecule has 0 saturated heterocycles. The van der Waals surface area contributed by atoms with Crippen molar-refractivity contribution in [1.82, 2.24) is 0 Å². The van der Waals surface area contributed by atoms with Crippen LogP contribution in [-0.4, -0.2) is 17.8 Å². The highest BCUT2D eigenvalue weighted by Crippen LogP contribution is 2.28. The molecule has 2 heteroatoms. The summed E-state index contributed by atoms with van der Waals surface area (Å²) in [4.78, 5) is 0. The molecule has 0 aliphatic heterocycles. The summed E-state index contributed by atoms with van der Waals surface area (Å²) >= 11 is 0. The zero-order chi connectivity index (χ0) is 9.94. The third kappa shape index (κ3) is 2.76. The maximum absolute atomic E-state index is 9.94. The van der Waals surface area contributed by atoms with Gasteiger partial charge < -0.3 is 10.8 Å². The lowest BCUT2D eigenvalue weighted by atomic mass is 9.76. The monoisotopic (exact) mass is 173 g/mol. The Morgan fingerprint density at radius 1 is 1.25 bits per heavy atom. The molecule has 2 atom stereocenters. The van der Waals surface area contributed by atoms with Gasteiger partial charge in [0, 0.05) is 5.41 Å². The maximum atomic E-state index is 9.94. The lowest BCUT2D eigenvalue weighted by Crippen LogP contribution is -2.41. The molecule has 2 nitrogen and oxygen atoms in total. The largest absolute Gasteiger partial charge is 0.392 e. The zero-order valence-electron chi connectivity index (χ0n) is 8.96. The summed E-state index contributed by atoms with van der Waals surface area (Å²) in [5.41, 5.74) is 5.42. The van der Waals surface area contributed by atoms with Gasteiger partial charge in [-0.3, -0.25) is 0 Å². The van der Waals surface area contributed by atoms with E-state index in [0.29, 0.717) is 18.4 Å². The fraction of sp³-hybridized carbons (Fsp3) is 1.00. The maximum Gasteiger partial charge on any atom is 0.0631 e. The van der Waals surface area contributed by atoms with E-state index in [1.54, 1.807) is 0 Å². The molecule has 0 saturated carbocycles. The van der Waals surface area contributed by atoms with Gasteiger partial charge in [0.25, 0.3) is 0 Å². The van der Waals surface area contributed by atoms with E-state index < -0.39 is 0 Å². The smallest absolute Gasteiger partial charge is 0.0631 e. The topological polar surface area (TPSA) is 46.2 Å². The first-order chi connectivity index (χ1) is 5.33. The molecule has 0 rings (SSSR count). The summed E-state index contributed by atoms with van der Waals surface area (Å²) in [7, 11) is 0. The van der Waals surface area contributed by atoms with Crippen molar-refractivity contribution in [3.8, 4) is 0 Å². The molecule has 0 aromatic carbocycles. The van der Waals surface area contributed by atoms with Crippen LogP contribution in [0.4, 0.5) is 0 Å². The van der Waals surface area contributed by atoms with Crippen LogP contribution in [0, 0.1) is 17.3 Å². The highest BCUT2D eigenvalue weighted by Gasteiger charge is 2.31. The van der Waals surface area contributed by atoms with Crippen LogP contribution in [0.3, 0.4) is 0 Å². The van der Waals surface area contributed by atoms with E-state index in [9.17, 15) is 5.11 Å². The molecule has 12 heavy (non-hydrogen) atoms. The van der Waals surface area contributed by atoms with Gasteiger partial charge >= 0.3 is 0 Å². The molecule has 0 aromatic rings. The summed E-state index contributed by atoms with van der Waals surface area (Å²) in [6.45, 7) is 10.9. The van der Waals surface area contributed by atoms with Gasteiger partial charge in [-0.15, -0.1) is 0 Å². The van der Waals surface area contributed by atoms with E-state index in [-0.39, 0.29) is 11.5 Å². The normalized spacial score (nSPS) is 18.0. The Bertz CT molecular complexity index is 132. The minimum absolute atomic E-state index is 0.163. The quantitative estimate of drug-likeness (QED) is 0.678. The summed E-state index contributed by atoms with van der Waals surface area (Å²) < 4.78 is 0. The molecule has 74 valence electrons. The van der Waals surface area contributed by atoms with E-state index in [4.69, 9.17) is 5.73 Å². The first-order valence-corrected chi connectivity index (χ1v) is 4.71. The molecule has 0 bridgehead atoms. The Kier molecular flexibility index (Phi) is 4.21. The van der Waals surface area contributed by atoms with Crippen molar-refractivity contribution in [2.45, 2.75) is 40.7 Å². The predicted octanol–water partition coefficient (Wildman–Crippen LogP) is 1.62.